The lowest BCUT2D eigenvalue weighted by molar-refractivity contribution is 0.0985. The molecule has 0 bridgehead atoms. The summed E-state index contributed by atoms with van der Waals surface area (Å²) in [5.74, 6) is 1.28. The highest BCUT2D eigenvalue weighted by Crippen LogP contribution is 2.27. The predicted molar refractivity (Wildman–Crippen MR) is 71.5 cm³/mol. The predicted octanol–water partition coefficient (Wildman–Crippen LogP) is 3.45. The zero-order valence-electron chi connectivity index (χ0n) is 10.3. The summed E-state index contributed by atoms with van der Waals surface area (Å²) in [4.78, 5) is 12.0. The summed E-state index contributed by atoms with van der Waals surface area (Å²) >= 11 is 3.40. The van der Waals surface area contributed by atoms with Crippen molar-refractivity contribution in [3.63, 3.8) is 0 Å². The number of Topliss-reactive ketones (excluding diaryl/α,β-unsaturated/α-hetero) is 1. The van der Waals surface area contributed by atoms with Crippen LogP contribution in [0.3, 0.4) is 0 Å². The van der Waals surface area contributed by atoms with Gasteiger partial charge in [-0.15, -0.1) is 0 Å². The fourth-order valence-corrected chi connectivity index (χ4v) is 2.26. The lowest BCUT2D eigenvalue weighted by Gasteiger charge is -2.12. The molecule has 0 amide bonds. The summed E-state index contributed by atoms with van der Waals surface area (Å²) in [6.45, 7) is 2.05. The standard InChI is InChI=1S/C13H17BrO3/c1-4-5-11(14)13(15)10-7-6-9(16-2)8-12(10)17-3/h6-8,11H,4-5H2,1-3H3. The molecule has 3 nitrogen and oxygen atoms in total. The van der Waals surface area contributed by atoms with Crippen molar-refractivity contribution in [2.75, 3.05) is 14.2 Å². The average Bonchev–Trinajstić information content (AvgIpc) is 2.37. The van der Waals surface area contributed by atoms with Gasteiger partial charge in [-0.2, -0.15) is 0 Å². The van der Waals surface area contributed by atoms with Crippen LogP contribution in [0.25, 0.3) is 0 Å². The van der Waals surface area contributed by atoms with Gasteiger partial charge in [0.1, 0.15) is 11.5 Å². The molecule has 17 heavy (non-hydrogen) atoms. The van der Waals surface area contributed by atoms with Crippen molar-refractivity contribution in [3.8, 4) is 11.5 Å². The third-order valence-corrected chi connectivity index (χ3v) is 3.37. The van der Waals surface area contributed by atoms with Crippen LogP contribution < -0.4 is 9.47 Å². The van der Waals surface area contributed by atoms with Crippen LogP contribution in [-0.4, -0.2) is 24.8 Å². The van der Waals surface area contributed by atoms with Gasteiger partial charge in [-0.25, -0.2) is 0 Å². The lowest BCUT2D eigenvalue weighted by atomic mass is 10.0. The van der Waals surface area contributed by atoms with Gasteiger partial charge in [0.2, 0.25) is 0 Å². The van der Waals surface area contributed by atoms with E-state index in [9.17, 15) is 4.79 Å². The molecule has 1 rings (SSSR count). The first-order chi connectivity index (χ1) is 8.13. The average molecular weight is 301 g/mol. The van der Waals surface area contributed by atoms with Crippen molar-refractivity contribution in [2.45, 2.75) is 24.6 Å². The number of ether oxygens (including phenoxy) is 2. The van der Waals surface area contributed by atoms with E-state index >= 15 is 0 Å². The molecule has 0 radical (unpaired) electrons. The van der Waals surface area contributed by atoms with E-state index in [0.29, 0.717) is 17.1 Å². The minimum atomic E-state index is -0.158. The summed E-state index contributed by atoms with van der Waals surface area (Å²) < 4.78 is 10.3. The molecular weight excluding hydrogens is 284 g/mol. The van der Waals surface area contributed by atoms with E-state index in [1.807, 2.05) is 6.92 Å². The molecule has 1 unspecified atom stereocenters. The van der Waals surface area contributed by atoms with Gasteiger partial charge in [0.25, 0.3) is 0 Å². The number of ketones is 1. The minimum Gasteiger partial charge on any atom is -0.497 e. The minimum absolute atomic E-state index is 0.0475. The molecule has 94 valence electrons. The summed E-state index contributed by atoms with van der Waals surface area (Å²) in [6, 6.07) is 5.23. The molecule has 4 heteroatoms. The maximum atomic E-state index is 12.1. The van der Waals surface area contributed by atoms with Crippen LogP contribution in [0.4, 0.5) is 0 Å². The van der Waals surface area contributed by atoms with Crippen LogP contribution in [0, 0.1) is 0 Å². The van der Waals surface area contributed by atoms with Crippen LogP contribution in [0.5, 0.6) is 11.5 Å². The highest BCUT2D eigenvalue weighted by atomic mass is 79.9. The van der Waals surface area contributed by atoms with Gasteiger partial charge in [0.05, 0.1) is 24.6 Å². The Kier molecular flexibility index (Phi) is 5.48. The van der Waals surface area contributed by atoms with Crippen molar-refractivity contribution < 1.29 is 14.3 Å². The Labute approximate surface area is 110 Å². The SMILES string of the molecule is CCCC(Br)C(=O)c1ccc(OC)cc1OC. The number of rotatable bonds is 6. The molecule has 1 aromatic carbocycles. The molecule has 0 spiro atoms. The highest BCUT2D eigenvalue weighted by Gasteiger charge is 2.20. The summed E-state index contributed by atoms with van der Waals surface area (Å²) in [6.07, 6.45) is 1.77. The van der Waals surface area contributed by atoms with E-state index in [-0.39, 0.29) is 10.6 Å². The second-order valence-corrected chi connectivity index (χ2v) is 4.79. The van der Waals surface area contributed by atoms with Gasteiger partial charge in [0, 0.05) is 6.07 Å². The van der Waals surface area contributed by atoms with Crippen molar-refractivity contribution in [1.29, 1.82) is 0 Å². The van der Waals surface area contributed by atoms with E-state index in [2.05, 4.69) is 15.9 Å². The zero-order valence-corrected chi connectivity index (χ0v) is 11.9. The maximum Gasteiger partial charge on any atom is 0.180 e. The van der Waals surface area contributed by atoms with Crippen LogP contribution >= 0.6 is 15.9 Å². The molecule has 0 saturated carbocycles. The van der Waals surface area contributed by atoms with Crippen molar-refractivity contribution >= 4 is 21.7 Å². The Balaban J connectivity index is 3.00. The molecular formula is C13H17BrO3. The quantitative estimate of drug-likeness (QED) is 0.596. The first-order valence-corrected chi connectivity index (χ1v) is 6.45. The Morgan fingerprint density at radius 2 is 2.06 bits per heavy atom. The van der Waals surface area contributed by atoms with Crippen LogP contribution in [0.1, 0.15) is 30.1 Å². The molecule has 0 aromatic heterocycles. The van der Waals surface area contributed by atoms with E-state index in [0.717, 1.165) is 12.8 Å². The van der Waals surface area contributed by atoms with Gasteiger partial charge in [0.15, 0.2) is 5.78 Å². The van der Waals surface area contributed by atoms with Crippen LogP contribution in [-0.2, 0) is 0 Å². The van der Waals surface area contributed by atoms with Gasteiger partial charge in [-0.1, -0.05) is 29.3 Å². The van der Waals surface area contributed by atoms with E-state index < -0.39 is 0 Å². The zero-order chi connectivity index (χ0) is 12.8. The molecule has 0 aliphatic heterocycles. The van der Waals surface area contributed by atoms with Crippen molar-refractivity contribution in [2.24, 2.45) is 0 Å². The molecule has 1 aromatic rings. The Morgan fingerprint density at radius 3 is 2.59 bits per heavy atom. The number of hydrogen-bond donors (Lipinski definition) is 0. The van der Waals surface area contributed by atoms with E-state index in [4.69, 9.17) is 9.47 Å². The molecule has 0 N–H and O–H groups in total. The third-order valence-electron chi connectivity index (χ3n) is 2.50. The van der Waals surface area contributed by atoms with Gasteiger partial charge in [-0.3, -0.25) is 4.79 Å². The topological polar surface area (TPSA) is 35.5 Å². The van der Waals surface area contributed by atoms with E-state index in [1.54, 1.807) is 32.4 Å². The van der Waals surface area contributed by atoms with Crippen LogP contribution in [0.15, 0.2) is 18.2 Å². The number of carbonyl (C=O) groups is 1. The van der Waals surface area contributed by atoms with Crippen molar-refractivity contribution in [1.82, 2.24) is 0 Å². The van der Waals surface area contributed by atoms with Gasteiger partial charge in [-0.05, 0) is 18.6 Å². The Bertz CT molecular complexity index is 390. The first kappa shape index (κ1) is 14.0. The molecule has 0 fully saturated rings. The van der Waals surface area contributed by atoms with Crippen LogP contribution in [0.2, 0.25) is 0 Å². The first-order valence-electron chi connectivity index (χ1n) is 5.54. The summed E-state index contributed by atoms with van der Waals surface area (Å²) in [5.41, 5.74) is 0.587. The van der Waals surface area contributed by atoms with E-state index in [1.165, 1.54) is 0 Å². The molecule has 0 aliphatic carbocycles. The highest BCUT2D eigenvalue weighted by molar-refractivity contribution is 9.10. The number of carbonyl (C=O) groups excluding carboxylic acids is 1. The van der Waals surface area contributed by atoms with Gasteiger partial charge < -0.3 is 9.47 Å². The maximum absolute atomic E-state index is 12.1. The molecule has 1 atom stereocenters. The molecule has 0 heterocycles. The Hall–Kier alpha value is -1.03. The monoisotopic (exact) mass is 300 g/mol. The van der Waals surface area contributed by atoms with Gasteiger partial charge >= 0.3 is 0 Å². The number of halogens is 1. The number of alkyl halides is 1. The fourth-order valence-electron chi connectivity index (χ4n) is 1.56. The number of benzene rings is 1. The summed E-state index contributed by atoms with van der Waals surface area (Å²) in [7, 11) is 3.13. The largest absolute Gasteiger partial charge is 0.497 e. The Morgan fingerprint density at radius 1 is 1.35 bits per heavy atom. The summed E-state index contributed by atoms with van der Waals surface area (Å²) in [5, 5.41) is 0. The molecule has 0 saturated heterocycles. The normalized spacial score (nSPS) is 12.0. The number of methoxy groups -OCH3 is 2. The fraction of sp³-hybridized carbons (Fsp3) is 0.462. The second kappa shape index (κ2) is 6.64. The lowest BCUT2D eigenvalue weighted by Crippen LogP contribution is -2.14. The third kappa shape index (κ3) is 3.46. The second-order valence-electron chi connectivity index (χ2n) is 3.69. The number of hydrogen-bond acceptors (Lipinski definition) is 3. The smallest absolute Gasteiger partial charge is 0.180 e. The van der Waals surface area contributed by atoms with Crippen molar-refractivity contribution in [3.05, 3.63) is 23.8 Å². The molecule has 0 aliphatic rings.